The van der Waals surface area contributed by atoms with Crippen LogP contribution in [0.15, 0.2) is 16.8 Å². The maximum atomic E-state index is 12.4. The number of rotatable bonds is 6. The number of nitrogens with one attached hydrogen (secondary N) is 1. The molecule has 2 aromatic rings. The number of hydrogen-bond acceptors (Lipinski definition) is 6. The molecule has 0 radical (unpaired) electrons. The summed E-state index contributed by atoms with van der Waals surface area (Å²) in [5.41, 5.74) is 0. The molecule has 136 valence electrons. The summed E-state index contributed by atoms with van der Waals surface area (Å²) in [7, 11) is 1.68. The molecule has 1 aliphatic heterocycles. The van der Waals surface area contributed by atoms with Gasteiger partial charge in [-0.2, -0.15) is 10.1 Å². The monoisotopic (exact) mass is 348 g/mol. The minimum absolute atomic E-state index is 0.120. The zero-order valence-electron chi connectivity index (χ0n) is 14.6. The summed E-state index contributed by atoms with van der Waals surface area (Å²) < 4.78 is 11.9. The standard InChI is InChI=1S/C16H24N6O3/c1-12-17-15(20-25-12)13-4-8-21(9-5-13)16(23)18-14-6-10-22(19-14)7-3-11-24-2/h6,10,13H,3-5,7-9,11H2,1-2H3,(H,18,19,23). The third-order valence-electron chi connectivity index (χ3n) is 4.30. The van der Waals surface area contributed by atoms with E-state index >= 15 is 0 Å². The Morgan fingerprint density at radius 2 is 2.24 bits per heavy atom. The average Bonchev–Trinajstić information content (AvgIpc) is 3.24. The van der Waals surface area contributed by atoms with E-state index in [0.29, 0.717) is 31.4 Å². The van der Waals surface area contributed by atoms with Crippen LogP contribution in [0.4, 0.5) is 10.6 Å². The van der Waals surface area contributed by atoms with Crippen molar-refractivity contribution in [3.05, 3.63) is 24.0 Å². The third kappa shape index (κ3) is 4.56. The molecular weight excluding hydrogens is 324 g/mol. The van der Waals surface area contributed by atoms with Crippen molar-refractivity contribution >= 4 is 11.8 Å². The van der Waals surface area contributed by atoms with Gasteiger partial charge in [-0.3, -0.25) is 10.00 Å². The Bertz CT molecular complexity index is 690. The number of anilines is 1. The van der Waals surface area contributed by atoms with Crippen molar-refractivity contribution in [2.24, 2.45) is 0 Å². The van der Waals surface area contributed by atoms with Gasteiger partial charge in [-0.25, -0.2) is 4.79 Å². The van der Waals surface area contributed by atoms with Crippen LogP contribution in [0.2, 0.25) is 0 Å². The summed E-state index contributed by atoms with van der Waals surface area (Å²) in [6.07, 6.45) is 4.40. The third-order valence-corrected chi connectivity index (χ3v) is 4.30. The normalized spacial score (nSPS) is 15.5. The number of carbonyl (C=O) groups excluding carboxylic acids is 1. The van der Waals surface area contributed by atoms with Crippen LogP contribution in [0.5, 0.6) is 0 Å². The Labute approximate surface area is 146 Å². The number of hydrogen-bond donors (Lipinski definition) is 1. The van der Waals surface area contributed by atoms with Crippen molar-refractivity contribution in [3.8, 4) is 0 Å². The van der Waals surface area contributed by atoms with Gasteiger partial charge in [0.1, 0.15) is 0 Å². The summed E-state index contributed by atoms with van der Waals surface area (Å²) in [6, 6.07) is 1.68. The summed E-state index contributed by atoms with van der Waals surface area (Å²) in [5.74, 6) is 2.14. The maximum absolute atomic E-state index is 12.4. The largest absolute Gasteiger partial charge is 0.385 e. The van der Waals surface area contributed by atoms with Gasteiger partial charge in [0.05, 0.1) is 0 Å². The molecular formula is C16H24N6O3. The van der Waals surface area contributed by atoms with Gasteiger partial charge in [0, 0.05) is 58.5 Å². The average molecular weight is 348 g/mol. The van der Waals surface area contributed by atoms with Crippen LogP contribution in [0, 0.1) is 6.92 Å². The Hall–Kier alpha value is -2.42. The summed E-state index contributed by atoms with van der Waals surface area (Å²) in [5, 5.41) is 11.2. The number of urea groups is 1. The first-order valence-corrected chi connectivity index (χ1v) is 8.54. The highest BCUT2D eigenvalue weighted by atomic mass is 16.5. The summed E-state index contributed by atoms with van der Waals surface area (Å²) >= 11 is 0. The zero-order valence-corrected chi connectivity index (χ0v) is 14.6. The first kappa shape index (κ1) is 17.4. The van der Waals surface area contributed by atoms with E-state index in [0.717, 1.165) is 31.6 Å². The second-order valence-electron chi connectivity index (χ2n) is 6.17. The Morgan fingerprint density at radius 3 is 2.92 bits per heavy atom. The number of amides is 2. The molecule has 1 N–H and O–H groups in total. The second-order valence-corrected chi connectivity index (χ2v) is 6.17. The van der Waals surface area contributed by atoms with Crippen LogP contribution in [-0.2, 0) is 11.3 Å². The molecule has 25 heavy (non-hydrogen) atoms. The van der Waals surface area contributed by atoms with Gasteiger partial charge in [0.15, 0.2) is 11.6 Å². The molecule has 1 fully saturated rings. The number of aryl methyl sites for hydroxylation is 2. The van der Waals surface area contributed by atoms with Crippen LogP contribution < -0.4 is 5.32 Å². The van der Waals surface area contributed by atoms with Crippen molar-refractivity contribution in [1.29, 1.82) is 0 Å². The molecule has 0 saturated carbocycles. The van der Waals surface area contributed by atoms with Gasteiger partial charge < -0.3 is 14.2 Å². The fraction of sp³-hybridized carbons (Fsp3) is 0.625. The van der Waals surface area contributed by atoms with Gasteiger partial charge >= 0.3 is 6.03 Å². The molecule has 0 bridgehead atoms. The summed E-state index contributed by atoms with van der Waals surface area (Å²) in [4.78, 5) is 18.5. The number of likely N-dealkylation sites (tertiary alicyclic amines) is 1. The lowest BCUT2D eigenvalue weighted by atomic mass is 9.96. The van der Waals surface area contributed by atoms with Crippen LogP contribution in [0.3, 0.4) is 0 Å². The predicted molar refractivity (Wildman–Crippen MR) is 90.3 cm³/mol. The molecule has 2 aromatic heterocycles. The molecule has 3 heterocycles. The number of ether oxygens (including phenoxy) is 1. The lowest BCUT2D eigenvalue weighted by Gasteiger charge is -2.30. The Balaban J connectivity index is 1.46. The van der Waals surface area contributed by atoms with E-state index in [1.54, 1.807) is 29.7 Å². The van der Waals surface area contributed by atoms with E-state index in [9.17, 15) is 4.79 Å². The van der Waals surface area contributed by atoms with Gasteiger partial charge in [-0.15, -0.1) is 0 Å². The van der Waals surface area contributed by atoms with E-state index in [1.807, 2.05) is 6.20 Å². The van der Waals surface area contributed by atoms with Crippen molar-refractivity contribution < 1.29 is 14.1 Å². The van der Waals surface area contributed by atoms with Crippen LogP contribution >= 0.6 is 0 Å². The van der Waals surface area contributed by atoms with Gasteiger partial charge in [-0.05, 0) is 19.3 Å². The second kappa shape index (κ2) is 8.11. The number of aromatic nitrogens is 4. The fourth-order valence-electron chi connectivity index (χ4n) is 2.93. The lowest BCUT2D eigenvalue weighted by molar-refractivity contribution is 0.189. The van der Waals surface area contributed by atoms with Gasteiger partial charge in [-0.1, -0.05) is 5.16 Å². The highest BCUT2D eigenvalue weighted by Crippen LogP contribution is 2.26. The molecule has 1 saturated heterocycles. The van der Waals surface area contributed by atoms with E-state index in [4.69, 9.17) is 9.26 Å². The Morgan fingerprint density at radius 1 is 1.44 bits per heavy atom. The minimum Gasteiger partial charge on any atom is -0.385 e. The van der Waals surface area contributed by atoms with Crippen molar-refractivity contribution in [2.75, 3.05) is 32.1 Å². The Kier molecular flexibility index (Phi) is 5.64. The SMILES string of the molecule is COCCCn1ccc(NC(=O)N2CCC(c3noc(C)n3)CC2)n1. The topological polar surface area (TPSA) is 98.3 Å². The van der Waals surface area contributed by atoms with Crippen LogP contribution in [0.25, 0.3) is 0 Å². The van der Waals surface area contributed by atoms with Crippen molar-refractivity contribution in [1.82, 2.24) is 24.8 Å². The van der Waals surface area contributed by atoms with Gasteiger partial charge in [0.25, 0.3) is 0 Å². The fourth-order valence-corrected chi connectivity index (χ4v) is 2.93. The maximum Gasteiger partial charge on any atom is 0.323 e. The molecule has 0 atom stereocenters. The smallest absolute Gasteiger partial charge is 0.323 e. The zero-order chi connectivity index (χ0) is 17.6. The number of carbonyl (C=O) groups is 1. The first-order valence-electron chi connectivity index (χ1n) is 8.54. The molecule has 9 nitrogen and oxygen atoms in total. The van der Waals surface area contributed by atoms with Crippen LogP contribution in [0.1, 0.15) is 36.9 Å². The predicted octanol–water partition coefficient (Wildman–Crippen LogP) is 2.02. The van der Waals surface area contributed by atoms with E-state index in [1.165, 1.54) is 0 Å². The number of nitrogens with zero attached hydrogens (tertiary/aromatic N) is 5. The van der Waals surface area contributed by atoms with Gasteiger partial charge in [0.2, 0.25) is 5.89 Å². The number of methoxy groups -OCH3 is 1. The van der Waals surface area contributed by atoms with Crippen LogP contribution in [-0.4, -0.2) is 57.7 Å². The van der Waals surface area contributed by atoms with Crippen molar-refractivity contribution in [2.45, 2.75) is 38.6 Å². The molecule has 0 spiro atoms. The molecule has 0 unspecified atom stereocenters. The molecule has 1 aliphatic rings. The molecule has 9 heteroatoms. The summed E-state index contributed by atoms with van der Waals surface area (Å²) in [6.45, 7) is 4.57. The molecule has 2 amide bonds. The number of piperidine rings is 1. The van der Waals surface area contributed by atoms with Crippen molar-refractivity contribution in [3.63, 3.8) is 0 Å². The first-order chi connectivity index (χ1) is 12.2. The lowest BCUT2D eigenvalue weighted by Crippen LogP contribution is -2.40. The minimum atomic E-state index is -0.120. The van der Waals surface area contributed by atoms with E-state index in [2.05, 4.69) is 20.6 Å². The molecule has 3 rings (SSSR count). The highest BCUT2D eigenvalue weighted by molar-refractivity contribution is 5.88. The van der Waals surface area contributed by atoms with E-state index in [-0.39, 0.29) is 11.9 Å². The molecule has 0 aliphatic carbocycles. The quantitative estimate of drug-likeness (QED) is 0.802. The molecule has 0 aromatic carbocycles. The van der Waals surface area contributed by atoms with E-state index < -0.39 is 0 Å². The highest BCUT2D eigenvalue weighted by Gasteiger charge is 2.26.